The number of anilines is 4. The number of benzene rings is 8. The monoisotopic (exact) mass is 1790 g/mol. The first-order chi connectivity index (χ1) is 60.7. The minimum absolute atomic E-state index is 0.0926. The van der Waals surface area contributed by atoms with Crippen LogP contribution in [0.2, 0.25) is 0 Å². The van der Waals surface area contributed by atoms with Crippen molar-refractivity contribution in [3.8, 4) is 23.0 Å². The molecule has 3 aliphatic carbocycles. The Kier molecular flexibility index (Phi) is 28.2. The van der Waals surface area contributed by atoms with E-state index in [4.69, 9.17) is 48.6 Å². The smallest absolute Gasteiger partial charge is 0.344 e. The minimum Gasteiger partial charge on any atom is -0.493 e. The van der Waals surface area contributed by atoms with Crippen LogP contribution in [0.5, 0.6) is 23.0 Å². The number of thiazole rings is 4. The van der Waals surface area contributed by atoms with Crippen LogP contribution < -0.4 is 39.8 Å². The van der Waals surface area contributed by atoms with Crippen molar-refractivity contribution in [1.29, 1.82) is 0 Å². The fourth-order valence-electron chi connectivity index (χ4n) is 15.3. The van der Waals surface area contributed by atoms with Gasteiger partial charge in [0.1, 0.15) is 56.1 Å². The first-order valence-corrected chi connectivity index (χ1v) is 46.5. The predicted octanol–water partition coefficient (Wildman–Crippen LogP) is 21.6. The van der Waals surface area contributed by atoms with Crippen molar-refractivity contribution >= 4 is 224 Å². The standard InChI is InChI=1S/C47H56N6O3S3.C44H32N10O7S4/c1-2-44(54)56-45-35(31-48-52(37-15-5-3-6-16-37)46-50-40-19-9-11-21-42(40)58-46)29-34(33-23-25-39(26-24-33)55-27-13-14-28-57)30-36(45)32-49-53(38-17-7-4-8-18-38)47-51-41-20-10-12-22-43(41)59-47;1-5-36(55)59-16-6-15-58-33-19-25(20-45-49-43-47-39-34(62-43)13-10-30-37(39)53-64-51-30)29(18-26(33)21-46-50-44-48-40-35(63-44)14-11-31-38(40)54-65-52-31)42(57)61-32-12-7-24-17-27(60-41(56)22(2)3)8-9-28(24)23(32)4/h2,9-12,19-22,29-33,37-39,57H,1,3-8,13-18,23-28H2;5,7-14,17-21H,1-2,6,15-16H2,3-4H3,(H,47,49)(H,48,50)/b48-31+,49-32+;45-20+,46-21+. The Labute approximate surface area is 744 Å². The first-order valence-electron chi connectivity index (χ1n) is 41.1. The van der Waals surface area contributed by atoms with Crippen LogP contribution in [0.3, 0.4) is 0 Å². The summed E-state index contributed by atoms with van der Waals surface area (Å²) < 4.78 is 56.9. The number of hydrogen-bond acceptors (Lipinski definition) is 33. The number of hydrogen-bond donors (Lipinski definition) is 3. The van der Waals surface area contributed by atoms with Crippen molar-refractivity contribution in [2.45, 2.75) is 147 Å². The molecule has 634 valence electrons. The molecule has 0 saturated heterocycles. The van der Waals surface area contributed by atoms with E-state index in [1.165, 1.54) is 59.6 Å². The highest BCUT2D eigenvalue weighted by Crippen LogP contribution is 2.42. The lowest BCUT2D eigenvalue weighted by Gasteiger charge is -2.31. The van der Waals surface area contributed by atoms with Crippen molar-refractivity contribution in [1.82, 2.24) is 37.4 Å². The van der Waals surface area contributed by atoms with Crippen LogP contribution in [0, 0.1) is 6.92 Å². The third kappa shape index (κ3) is 20.7. The summed E-state index contributed by atoms with van der Waals surface area (Å²) in [6, 6.07) is 40.9. The summed E-state index contributed by atoms with van der Waals surface area (Å²) >= 11 is 12.7. The highest BCUT2D eigenvalue weighted by atomic mass is 32.1. The zero-order valence-corrected chi connectivity index (χ0v) is 73.9. The van der Waals surface area contributed by atoms with Gasteiger partial charge in [-0.1, -0.05) is 140 Å². The number of nitrogens with zero attached hydrogens (tertiary/aromatic N) is 14. The van der Waals surface area contributed by atoms with E-state index >= 15 is 0 Å². The molecule has 6 aromatic heterocycles. The molecule has 6 heterocycles. The molecular weight excluding hydrogens is 1700 g/mol. The van der Waals surface area contributed by atoms with Gasteiger partial charge in [-0.15, -0.1) is 0 Å². The molecular formula is C91H88N16O10S7. The Morgan fingerprint density at radius 2 is 1.12 bits per heavy atom. The Morgan fingerprint density at radius 1 is 0.532 bits per heavy atom. The number of ether oxygens (including phenoxy) is 6. The highest BCUT2D eigenvalue weighted by Gasteiger charge is 2.30. The van der Waals surface area contributed by atoms with Crippen LogP contribution in [0.1, 0.15) is 166 Å². The Bertz CT molecular complexity index is 6210. The van der Waals surface area contributed by atoms with Crippen LogP contribution in [0.15, 0.2) is 185 Å². The van der Waals surface area contributed by atoms with Crippen LogP contribution in [-0.2, 0) is 23.9 Å². The minimum atomic E-state index is -0.697. The van der Waals surface area contributed by atoms with Gasteiger partial charge in [0, 0.05) is 53.0 Å². The van der Waals surface area contributed by atoms with Crippen molar-refractivity contribution < 1.29 is 47.6 Å². The van der Waals surface area contributed by atoms with Gasteiger partial charge in [-0.3, -0.25) is 10.9 Å². The van der Waals surface area contributed by atoms with Gasteiger partial charge in [0.15, 0.2) is 0 Å². The topological polar surface area (TPSA) is 307 Å². The molecule has 0 spiro atoms. The lowest BCUT2D eigenvalue weighted by atomic mass is 9.81. The fraction of sp³-hybridized carbons (Fsp3) is 0.297. The van der Waals surface area contributed by atoms with E-state index in [1.54, 1.807) is 72.1 Å². The molecule has 0 bridgehead atoms. The largest absolute Gasteiger partial charge is 0.493 e. The maximum Gasteiger partial charge on any atom is 0.344 e. The molecule has 0 amide bonds. The number of aryl methyl sites for hydroxylation is 1. The zero-order chi connectivity index (χ0) is 85.4. The van der Waals surface area contributed by atoms with Gasteiger partial charge in [0.2, 0.25) is 20.5 Å². The summed E-state index contributed by atoms with van der Waals surface area (Å²) in [6.45, 7) is 15.3. The normalized spacial score (nSPS) is 15.4. The van der Waals surface area contributed by atoms with Crippen LogP contribution in [0.25, 0.3) is 73.7 Å². The summed E-state index contributed by atoms with van der Waals surface area (Å²) in [5, 5.41) is 28.0. The maximum absolute atomic E-state index is 14.4. The van der Waals surface area contributed by atoms with E-state index in [1.807, 2.05) is 55.8 Å². The molecule has 0 radical (unpaired) electrons. The van der Waals surface area contributed by atoms with E-state index in [9.17, 15) is 19.2 Å². The van der Waals surface area contributed by atoms with Crippen LogP contribution in [0.4, 0.5) is 20.5 Å². The van der Waals surface area contributed by atoms with Gasteiger partial charge in [0.05, 0.1) is 115 Å². The average molecular weight is 1790 g/mol. The van der Waals surface area contributed by atoms with Gasteiger partial charge in [-0.25, -0.2) is 49.1 Å². The molecule has 14 aromatic rings. The Hall–Kier alpha value is -11.7. The summed E-state index contributed by atoms with van der Waals surface area (Å²) in [5.74, 6) is 0.326. The van der Waals surface area contributed by atoms with E-state index < -0.39 is 23.9 Å². The van der Waals surface area contributed by atoms with E-state index in [-0.39, 0.29) is 42.5 Å². The summed E-state index contributed by atoms with van der Waals surface area (Å²) in [7, 11) is 0. The quantitative estimate of drug-likeness (QED) is 0.00671. The number of hydrazone groups is 4. The molecule has 33 heteroatoms. The number of esters is 4. The Balaban J connectivity index is 0.000000184. The van der Waals surface area contributed by atoms with Gasteiger partial charge in [-0.2, -0.15) is 50.5 Å². The summed E-state index contributed by atoms with van der Waals surface area (Å²) in [5.41, 5.74) is 16.7. The number of rotatable bonds is 32. The SMILES string of the molecule is C=CC(=O)OCCCOc1cc(/C=N/Nc2nc3c(ccc4nsnc43)s2)c(C(=O)Oc2ccc3cc(OC(=O)C(=C)C)ccc3c2C)cc1/C=N/Nc1nc2c(ccc3nsnc32)s1.C=CC(=O)Oc1c(/C=N/N(c2nc3ccccc3s2)C2CCCCC2)cc(C2CCC(OCCCCS)CC2)cc1/C=N/N(c1nc2ccccc2s1)C1CCCCC1. The second-order valence-corrected chi connectivity index (χ2v) is 35.8. The number of fused-ring (bicyclic) bond motifs is 9. The van der Waals surface area contributed by atoms with Crippen LogP contribution >= 0.6 is 81.4 Å². The second kappa shape index (κ2) is 40.8. The van der Waals surface area contributed by atoms with Gasteiger partial charge < -0.3 is 28.4 Å². The molecule has 26 nitrogen and oxygen atoms in total. The predicted molar refractivity (Wildman–Crippen MR) is 505 cm³/mol. The second-order valence-electron chi connectivity index (χ2n) is 30.2. The third-order valence-corrected chi connectivity index (χ3v) is 27.0. The lowest BCUT2D eigenvalue weighted by Crippen LogP contribution is -2.33. The molecule has 8 aromatic carbocycles. The molecule has 0 aliphatic heterocycles. The van der Waals surface area contributed by atoms with Crippen molar-refractivity contribution in [3.05, 3.63) is 204 Å². The molecule has 124 heavy (non-hydrogen) atoms. The van der Waals surface area contributed by atoms with Crippen molar-refractivity contribution in [2.24, 2.45) is 20.4 Å². The number of carbonyl (C=O) groups is 4. The van der Waals surface area contributed by atoms with Crippen molar-refractivity contribution in [3.63, 3.8) is 0 Å². The fourth-order valence-corrected chi connectivity index (χ4v) is 20.2. The first kappa shape index (κ1) is 85.9. The van der Waals surface area contributed by atoms with Gasteiger partial charge >= 0.3 is 23.9 Å². The number of thiol groups is 1. The molecule has 0 atom stereocenters. The number of aromatic nitrogens is 8. The summed E-state index contributed by atoms with van der Waals surface area (Å²) in [4.78, 5) is 70.9. The van der Waals surface area contributed by atoms with Gasteiger partial charge in [0.25, 0.3) is 0 Å². The highest BCUT2D eigenvalue weighted by molar-refractivity contribution is 7.80. The maximum atomic E-state index is 14.4. The van der Waals surface area contributed by atoms with E-state index in [2.05, 4.69) is 139 Å². The number of nitrogens with one attached hydrogen (secondary N) is 2. The molecule has 3 saturated carbocycles. The van der Waals surface area contributed by atoms with Crippen molar-refractivity contribution in [2.75, 3.05) is 46.4 Å². The zero-order valence-electron chi connectivity index (χ0n) is 68.1. The number of carbonyl (C=O) groups excluding carboxylic acids is 4. The van der Waals surface area contributed by atoms with E-state index in [0.29, 0.717) is 84.4 Å². The molecule has 17 rings (SSSR count). The lowest BCUT2D eigenvalue weighted by molar-refractivity contribution is -0.138. The Morgan fingerprint density at radius 3 is 1.69 bits per heavy atom. The summed E-state index contributed by atoms with van der Waals surface area (Å²) in [6.07, 6.45) is 27.1. The number of unbranched alkanes of at least 4 members (excludes halogenated alkanes) is 1. The van der Waals surface area contributed by atoms with Crippen LogP contribution in [-0.4, -0.2) is 130 Å². The molecule has 2 N–H and O–H groups in total. The third-order valence-electron chi connectivity index (χ3n) is 21.7. The van der Waals surface area contributed by atoms with Gasteiger partial charge in [-0.05, 0) is 203 Å². The number of para-hydroxylation sites is 2. The molecule has 3 fully saturated rings. The molecule has 3 aliphatic rings. The average Bonchev–Trinajstić information content (AvgIpc) is 1.59. The molecule has 0 unspecified atom stereocenters. The van der Waals surface area contributed by atoms with E-state index in [0.717, 1.165) is 205 Å².